The van der Waals surface area contributed by atoms with Crippen LogP contribution in [0.3, 0.4) is 0 Å². The number of Topliss-reactive ketones (excluding diaryl/α,β-unsaturated/α-hetero) is 1. The number of rotatable bonds is 5. The average molecular weight is 421 g/mol. The van der Waals surface area contributed by atoms with Crippen molar-refractivity contribution in [1.29, 1.82) is 0 Å². The van der Waals surface area contributed by atoms with Crippen molar-refractivity contribution in [2.45, 2.75) is 50.7 Å². The molecule has 0 saturated carbocycles. The lowest BCUT2D eigenvalue weighted by atomic mass is 9.84. The fourth-order valence-electron chi connectivity index (χ4n) is 4.35. The number of nitrogens with one attached hydrogen (secondary N) is 1. The highest BCUT2D eigenvalue weighted by Crippen LogP contribution is 2.39. The summed E-state index contributed by atoms with van der Waals surface area (Å²) in [7, 11) is 0. The molecule has 1 aromatic heterocycles. The van der Waals surface area contributed by atoms with Crippen molar-refractivity contribution in [3.63, 3.8) is 0 Å². The van der Waals surface area contributed by atoms with Crippen LogP contribution in [0.4, 0.5) is 0 Å². The molecule has 2 atom stereocenters. The fraction of sp³-hybridized carbons (Fsp3) is 0.417. The van der Waals surface area contributed by atoms with Gasteiger partial charge in [0.2, 0.25) is 11.8 Å². The molecule has 7 nitrogen and oxygen atoms in total. The second-order valence-corrected chi connectivity index (χ2v) is 8.29. The fourth-order valence-corrected chi connectivity index (χ4v) is 4.35. The molecular formula is C24H27N3O4. The van der Waals surface area contributed by atoms with Crippen LogP contribution in [0.1, 0.15) is 48.5 Å². The Morgan fingerprint density at radius 2 is 1.97 bits per heavy atom. The predicted molar refractivity (Wildman–Crippen MR) is 115 cm³/mol. The van der Waals surface area contributed by atoms with Crippen LogP contribution in [0.2, 0.25) is 0 Å². The number of amides is 2. The molecule has 3 heterocycles. The summed E-state index contributed by atoms with van der Waals surface area (Å²) in [6.45, 7) is 2.63. The van der Waals surface area contributed by atoms with Gasteiger partial charge in [0.15, 0.2) is 5.78 Å². The maximum atomic E-state index is 12.8. The highest BCUT2D eigenvalue weighted by molar-refractivity contribution is 6.00. The number of carbonyl (C=O) groups excluding carboxylic acids is 3. The molecule has 1 fully saturated rings. The second-order valence-electron chi connectivity index (χ2n) is 8.29. The van der Waals surface area contributed by atoms with Crippen LogP contribution in [-0.2, 0) is 16.0 Å². The van der Waals surface area contributed by atoms with E-state index in [1.807, 2.05) is 24.3 Å². The van der Waals surface area contributed by atoms with Crippen molar-refractivity contribution in [2.75, 3.05) is 13.1 Å². The van der Waals surface area contributed by atoms with Crippen molar-refractivity contribution >= 4 is 17.6 Å². The minimum absolute atomic E-state index is 0.0460. The van der Waals surface area contributed by atoms with Gasteiger partial charge in [0.25, 0.3) is 0 Å². The highest BCUT2D eigenvalue weighted by atomic mass is 16.5. The molecule has 2 aliphatic rings. The summed E-state index contributed by atoms with van der Waals surface area (Å²) in [4.78, 5) is 43.7. The first kappa shape index (κ1) is 21.0. The van der Waals surface area contributed by atoms with Gasteiger partial charge in [0.1, 0.15) is 17.4 Å². The second kappa shape index (κ2) is 8.88. The maximum Gasteiger partial charge on any atom is 0.242 e. The predicted octanol–water partition coefficient (Wildman–Crippen LogP) is 2.55. The zero-order chi connectivity index (χ0) is 21.8. The van der Waals surface area contributed by atoms with E-state index in [9.17, 15) is 14.4 Å². The highest BCUT2D eigenvalue weighted by Gasteiger charge is 2.44. The van der Waals surface area contributed by atoms with Gasteiger partial charge in [-0.15, -0.1) is 0 Å². The van der Waals surface area contributed by atoms with Crippen LogP contribution in [0.25, 0.3) is 0 Å². The number of para-hydroxylation sites is 1. The Bertz CT molecular complexity index is 978. The zero-order valence-electron chi connectivity index (χ0n) is 17.7. The minimum atomic E-state index is -0.687. The van der Waals surface area contributed by atoms with Crippen LogP contribution in [0.5, 0.6) is 5.75 Å². The van der Waals surface area contributed by atoms with Crippen molar-refractivity contribution in [2.24, 2.45) is 0 Å². The quantitative estimate of drug-likeness (QED) is 0.802. The van der Waals surface area contributed by atoms with Gasteiger partial charge in [-0.25, -0.2) is 0 Å². The number of ketones is 1. The molecule has 7 heteroatoms. The number of fused-ring (bicyclic) bond motifs is 1. The van der Waals surface area contributed by atoms with Crippen LogP contribution >= 0.6 is 0 Å². The third-order valence-corrected chi connectivity index (χ3v) is 6.23. The van der Waals surface area contributed by atoms with Crippen molar-refractivity contribution in [3.05, 3.63) is 59.9 Å². The van der Waals surface area contributed by atoms with Gasteiger partial charge in [0, 0.05) is 38.3 Å². The third-order valence-electron chi connectivity index (χ3n) is 6.23. The Morgan fingerprint density at radius 1 is 1.19 bits per heavy atom. The van der Waals surface area contributed by atoms with Crippen molar-refractivity contribution in [3.8, 4) is 5.75 Å². The van der Waals surface area contributed by atoms with Gasteiger partial charge in [-0.3, -0.25) is 19.4 Å². The first-order valence-corrected chi connectivity index (χ1v) is 10.7. The van der Waals surface area contributed by atoms with E-state index in [-0.39, 0.29) is 30.4 Å². The number of nitrogens with zero attached hydrogens (tertiary/aromatic N) is 2. The Hall–Kier alpha value is -3.22. The molecule has 0 radical (unpaired) electrons. The van der Waals surface area contributed by atoms with E-state index >= 15 is 0 Å². The number of pyridine rings is 1. The standard InChI is InChI=1S/C24H27N3O4/c1-17(23(30)26-14-9-18-7-12-25-13-8-18)27-15-11-24(10-6-22(27)29)16-20(28)19-4-2-3-5-21(19)31-24/h2-5,7-8,12-13,17H,6,9-11,14-16H2,1H3,(H,26,30)/t17-,24+/m1/s1. The molecule has 0 aliphatic carbocycles. The lowest BCUT2D eigenvalue weighted by molar-refractivity contribution is -0.139. The summed E-state index contributed by atoms with van der Waals surface area (Å²) in [5, 5.41) is 2.92. The van der Waals surface area contributed by atoms with Gasteiger partial charge in [-0.1, -0.05) is 12.1 Å². The molecule has 1 saturated heterocycles. The lowest BCUT2D eigenvalue weighted by Crippen LogP contribution is -2.49. The molecular weight excluding hydrogens is 394 g/mol. The molecule has 0 bridgehead atoms. The SMILES string of the molecule is C[C@H](C(=O)NCCc1ccncc1)N1CC[C@@]2(CCC1=O)CC(=O)c1ccccc1O2. The Morgan fingerprint density at radius 3 is 2.77 bits per heavy atom. The van der Waals surface area contributed by atoms with Gasteiger partial charge < -0.3 is 15.0 Å². The Balaban J connectivity index is 1.37. The number of benzene rings is 1. The minimum Gasteiger partial charge on any atom is -0.486 e. The number of likely N-dealkylation sites (tertiary alicyclic amines) is 1. The van der Waals surface area contributed by atoms with Crippen molar-refractivity contribution < 1.29 is 19.1 Å². The van der Waals surface area contributed by atoms with E-state index in [0.717, 1.165) is 5.56 Å². The molecule has 1 N–H and O–H groups in total. The van der Waals surface area contributed by atoms with E-state index in [0.29, 0.717) is 43.7 Å². The van der Waals surface area contributed by atoms with Crippen molar-refractivity contribution in [1.82, 2.24) is 15.2 Å². The smallest absolute Gasteiger partial charge is 0.242 e. The molecule has 2 aliphatic heterocycles. The number of hydrogen-bond acceptors (Lipinski definition) is 5. The first-order valence-electron chi connectivity index (χ1n) is 10.7. The van der Waals surface area contributed by atoms with Gasteiger partial charge in [-0.05, 0) is 49.6 Å². The van der Waals surface area contributed by atoms with Crippen LogP contribution in [0, 0.1) is 0 Å². The molecule has 31 heavy (non-hydrogen) atoms. The summed E-state index contributed by atoms with van der Waals surface area (Å²) < 4.78 is 6.26. The average Bonchev–Trinajstić information content (AvgIpc) is 2.93. The molecule has 2 aromatic rings. The first-order chi connectivity index (χ1) is 15.0. The molecule has 1 aromatic carbocycles. The molecule has 0 unspecified atom stereocenters. The normalized spacial score (nSPS) is 21.8. The van der Waals surface area contributed by atoms with Gasteiger partial charge in [0.05, 0.1) is 12.0 Å². The van der Waals surface area contributed by atoms with E-state index in [1.165, 1.54) is 0 Å². The maximum absolute atomic E-state index is 12.8. The van der Waals surface area contributed by atoms with Crippen LogP contribution < -0.4 is 10.1 Å². The number of aromatic nitrogens is 1. The summed E-state index contributed by atoms with van der Waals surface area (Å²) >= 11 is 0. The number of ether oxygens (including phenoxy) is 1. The monoisotopic (exact) mass is 421 g/mol. The summed E-state index contributed by atoms with van der Waals surface area (Å²) in [6.07, 6.45) is 5.66. The Labute approximate surface area is 181 Å². The van der Waals surface area contributed by atoms with E-state index in [4.69, 9.17) is 4.74 Å². The molecule has 2 amide bonds. The number of hydrogen-bond donors (Lipinski definition) is 1. The molecule has 4 rings (SSSR count). The van der Waals surface area contributed by atoms with E-state index in [2.05, 4.69) is 10.3 Å². The zero-order valence-corrected chi connectivity index (χ0v) is 17.7. The van der Waals surface area contributed by atoms with Crippen LogP contribution in [-0.4, -0.2) is 52.2 Å². The topological polar surface area (TPSA) is 88.6 Å². The van der Waals surface area contributed by atoms with E-state index in [1.54, 1.807) is 36.4 Å². The molecule has 1 spiro atoms. The summed E-state index contributed by atoms with van der Waals surface area (Å²) in [6, 6.07) is 10.5. The lowest BCUT2D eigenvalue weighted by Gasteiger charge is -2.37. The largest absolute Gasteiger partial charge is 0.486 e. The Kier molecular flexibility index (Phi) is 6.02. The summed E-state index contributed by atoms with van der Waals surface area (Å²) in [5.74, 6) is 0.374. The van der Waals surface area contributed by atoms with Gasteiger partial charge in [-0.2, -0.15) is 0 Å². The summed E-state index contributed by atoms with van der Waals surface area (Å²) in [5.41, 5.74) is 1.01. The van der Waals surface area contributed by atoms with Crippen LogP contribution in [0.15, 0.2) is 48.8 Å². The number of carbonyl (C=O) groups is 3. The molecule has 162 valence electrons. The third kappa shape index (κ3) is 4.60. The van der Waals surface area contributed by atoms with E-state index < -0.39 is 11.6 Å². The van der Waals surface area contributed by atoms with Gasteiger partial charge >= 0.3 is 0 Å².